The van der Waals surface area contributed by atoms with Gasteiger partial charge in [-0.1, -0.05) is 29.8 Å². The number of benzene rings is 1. The van der Waals surface area contributed by atoms with Gasteiger partial charge in [0.05, 0.1) is 17.3 Å². The molecule has 0 bridgehead atoms. The summed E-state index contributed by atoms with van der Waals surface area (Å²) in [6, 6.07) is 9.08. The van der Waals surface area contributed by atoms with Crippen molar-refractivity contribution in [2.75, 3.05) is 6.54 Å². The summed E-state index contributed by atoms with van der Waals surface area (Å²) in [7, 11) is 0. The Kier molecular flexibility index (Phi) is 4.05. The molecule has 1 amide bonds. The second-order valence-corrected chi connectivity index (χ2v) is 5.19. The predicted molar refractivity (Wildman–Crippen MR) is 85.5 cm³/mol. The number of amides is 1. The van der Waals surface area contributed by atoms with Crippen LogP contribution in [0.2, 0.25) is 5.15 Å². The summed E-state index contributed by atoms with van der Waals surface area (Å²) in [6.45, 7) is -0.598. The second-order valence-electron chi connectivity index (χ2n) is 4.83. The third-order valence-electron chi connectivity index (χ3n) is 3.27. The average Bonchev–Trinajstić information content (AvgIpc) is 3.02. The molecular formula is C15H11ClN4O4. The highest BCUT2D eigenvalue weighted by molar-refractivity contribution is 6.34. The molecule has 0 fully saturated rings. The number of fused-ring (bicyclic) bond motifs is 1. The maximum Gasteiger partial charge on any atom is 0.322 e. The molecule has 0 aliphatic heterocycles. The molecule has 8 nitrogen and oxygen atoms in total. The van der Waals surface area contributed by atoms with Crippen molar-refractivity contribution in [3.05, 3.63) is 47.4 Å². The third-order valence-corrected chi connectivity index (χ3v) is 3.53. The summed E-state index contributed by atoms with van der Waals surface area (Å²) in [6.07, 6.45) is 1.36. The number of aromatic hydroxyl groups is 1. The van der Waals surface area contributed by atoms with E-state index in [0.717, 1.165) is 0 Å². The molecule has 0 atom stereocenters. The average molecular weight is 347 g/mol. The lowest BCUT2D eigenvalue weighted by atomic mass is 10.2. The number of rotatable bonds is 4. The van der Waals surface area contributed by atoms with Crippen molar-refractivity contribution in [2.24, 2.45) is 0 Å². The minimum atomic E-state index is -1.22. The van der Waals surface area contributed by atoms with Crippen LogP contribution in [-0.4, -0.2) is 43.4 Å². The van der Waals surface area contributed by atoms with Gasteiger partial charge in [0.2, 0.25) is 0 Å². The van der Waals surface area contributed by atoms with Crippen LogP contribution >= 0.6 is 11.6 Å². The third kappa shape index (κ3) is 2.74. The molecular weight excluding hydrogens is 336 g/mol. The number of pyridine rings is 1. The minimum Gasteiger partial charge on any atom is -0.505 e. The molecule has 0 radical (unpaired) electrons. The van der Waals surface area contributed by atoms with Crippen molar-refractivity contribution in [1.82, 2.24) is 20.1 Å². The predicted octanol–water partition coefficient (Wildman–Crippen LogP) is 1.59. The number of aromatic nitrogens is 3. The summed E-state index contributed by atoms with van der Waals surface area (Å²) in [5.74, 6) is -2.47. The van der Waals surface area contributed by atoms with Gasteiger partial charge in [-0.2, -0.15) is 5.10 Å². The molecule has 24 heavy (non-hydrogen) atoms. The molecule has 0 saturated heterocycles. The van der Waals surface area contributed by atoms with Gasteiger partial charge in [-0.3, -0.25) is 9.59 Å². The van der Waals surface area contributed by atoms with Crippen LogP contribution in [0.4, 0.5) is 0 Å². The molecule has 0 aliphatic carbocycles. The van der Waals surface area contributed by atoms with E-state index in [1.54, 1.807) is 12.1 Å². The van der Waals surface area contributed by atoms with Crippen molar-refractivity contribution in [2.45, 2.75) is 0 Å². The standard InChI is InChI=1S/C15H11ClN4O4/c16-14-12-9(6-18-20(12)8-4-2-1-3-5-8)13(23)11(19-14)15(24)17-7-10(21)22/h1-6,23H,7H2,(H,17,24)(H,21,22). The van der Waals surface area contributed by atoms with Crippen LogP contribution < -0.4 is 5.32 Å². The highest BCUT2D eigenvalue weighted by Crippen LogP contribution is 2.33. The van der Waals surface area contributed by atoms with Crippen LogP contribution in [0.15, 0.2) is 36.5 Å². The van der Waals surface area contributed by atoms with E-state index < -0.39 is 24.2 Å². The summed E-state index contributed by atoms with van der Waals surface area (Å²) in [5.41, 5.74) is 0.690. The van der Waals surface area contributed by atoms with Crippen LogP contribution in [-0.2, 0) is 4.79 Å². The fourth-order valence-electron chi connectivity index (χ4n) is 2.21. The van der Waals surface area contributed by atoms with E-state index in [-0.39, 0.29) is 16.2 Å². The Hall–Kier alpha value is -3.13. The first-order valence-corrected chi connectivity index (χ1v) is 7.18. The van der Waals surface area contributed by atoms with E-state index in [4.69, 9.17) is 16.7 Å². The number of nitrogens with zero attached hydrogens (tertiary/aromatic N) is 3. The summed E-state index contributed by atoms with van der Waals surface area (Å²) in [5, 5.41) is 25.4. The first-order valence-electron chi connectivity index (χ1n) is 6.80. The van der Waals surface area contributed by atoms with E-state index in [9.17, 15) is 14.7 Å². The maximum atomic E-state index is 12.0. The number of para-hydroxylation sites is 1. The van der Waals surface area contributed by atoms with Gasteiger partial charge in [0.1, 0.15) is 12.1 Å². The van der Waals surface area contributed by atoms with Crippen LogP contribution in [0.5, 0.6) is 5.75 Å². The molecule has 0 spiro atoms. The van der Waals surface area contributed by atoms with E-state index in [2.05, 4.69) is 15.4 Å². The number of nitrogens with one attached hydrogen (secondary N) is 1. The largest absolute Gasteiger partial charge is 0.505 e. The van der Waals surface area contributed by atoms with Crippen LogP contribution in [0.25, 0.3) is 16.6 Å². The molecule has 2 heterocycles. The van der Waals surface area contributed by atoms with Crippen molar-refractivity contribution in [3.8, 4) is 11.4 Å². The number of carbonyl (C=O) groups is 2. The number of carboxylic acid groups (broad SMARTS) is 1. The Labute approximate surface area is 140 Å². The number of aliphatic carboxylic acids is 1. The molecule has 1 aromatic carbocycles. The van der Waals surface area contributed by atoms with E-state index in [0.29, 0.717) is 11.2 Å². The molecule has 3 aromatic rings. The highest BCUT2D eigenvalue weighted by Gasteiger charge is 2.22. The zero-order chi connectivity index (χ0) is 17.3. The number of hydrogen-bond acceptors (Lipinski definition) is 5. The Bertz CT molecular complexity index is 940. The lowest BCUT2D eigenvalue weighted by Crippen LogP contribution is -2.30. The van der Waals surface area contributed by atoms with Gasteiger partial charge in [-0.15, -0.1) is 0 Å². The van der Waals surface area contributed by atoms with Gasteiger partial charge in [0.15, 0.2) is 16.6 Å². The number of hydrogen-bond donors (Lipinski definition) is 3. The molecule has 0 unspecified atom stereocenters. The Morgan fingerprint density at radius 1 is 1.25 bits per heavy atom. The maximum absolute atomic E-state index is 12.0. The molecule has 0 aliphatic rings. The first kappa shape index (κ1) is 15.8. The zero-order valence-corrected chi connectivity index (χ0v) is 12.9. The number of carboxylic acids is 1. The normalized spacial score (nSPS) is 10.7. The quantitative estimate of drug-likeness (QED) is 0.617. The number of halogens is 1. The van der Waals surface area contributed by atoms with Crippen LogP contribution in [0, 0.1) is 0 Å². The van der Waals surface area contributed by atoms with Gasteiger partial charge in [-0.05, 0) is 12.1 Å². The van der Waals surface area contributed by atoms with Crippen molar-refractivity contribution < 1.29 is 19.8 Å². The van der Waals surface area contributed by atoms with Gasteiger partial charge in [0.25, 0.3) is 5.91 Å². The molecule has 9 heteroatoms. The highest BCUT2D eigenvalue weighted by atomic mass is 35.5. The van der Waals surface area contributed by atoms with Crippen molar-refractivity contribution >= 4 is 34.4 Å². The van der Waals surface area contributed by atoms with Crippen LogP contribution in [0.1, 0.15) is 10.5 Å². The first-order chi connectivity index (χ1) is 11.5. The van der Waals surface area contributed by atoms with Crippen LogP contribution in [0.3, 0.4) is 0 Å². The monoisotopic (exact) mass is 346 g/mol. The van der Waals surface area contributed by atoms with Crippen molar-refractivity contribution in [3.63, 3.8) is 0 Å². The van der Waals surface area contributed by atoms with E-state index >= 15 is 0 Å². The zero-order valence-electron chi connectivity index (χ0n) is 12.1. The molecule has 2 aromatic heterocycles. The fourth-order valence-corrected chi connectivity index (χ4v) is 2.48. The fraction of sp³-hybridized carbons (Fsp3) is 0.0667. The topological polar surface area (TPSA) is 117 Å². The Morgan fingerprint density at radius 3 is 2.62 bits per heavy atom. The summed E-state index contributed by atoms with van der Waals surface area (Å²) >= 11 is 6.16. The van der Waals surface area contributed by atoms with E-state index in [1.165, 1.54) is 10.9 Å². The number of carbonyl (C=O) groups excluding carboxylic acids is 1. The SMILES string of the molecule is O=C(O)CNC(=O)c1nc(Cl)c2c(cnn2-c2ccccc2)c1O. The summed E-state index contributed by atoms with van der Waals surface area (Å²) < 4.78 is 1.49. The molecule has 3 rings (SSSR count). The Morgan fingerprint density at radius 2 is 1.96 bits per heavy atom. The smallest absolute Gasteiger partial charge is 0.322 e. The van der Waals surface area contributed by atoms with Gasteiger partial charge < -0.3 is 15.5 Å². The van der Waals surface area contributed by atoms with Gasteiger partial charge in [-0.25, -0.2) is 9.67 Å². The lowest BCUT2D eigenvalue weighted by Gasteiger charge is -2.08. The lowest BCUT2D eigenvalue weighted by molar-refractivity contribution is -0.135. The molecule has 122 valence electrons. The summed E-state index contributed by atoms with van der Waals surface area (Å²) in [4.78, 5) is 26.4. The van der Waals surface area contributed by atoms with E-state index in [1.807, 2.05) is 18.2 Å². The van der Waals surface area contributed by atoms with Crippen molar-refractivity contribution in [1.29, 1.82) is 0 Å². The van der Waals surface area contributed by atoms with Gasteiger partial charge in [0, 0.05) is 0 Å². The molecule has 0 saturated carbocycles. The van der Waals surface area contributed by atoms with Gasteiger partial charge >= 0.3 is 5.97 Å². The second kappa shape index (κ2) is 6.17. The molecule has 3 N–H and O–H groups in total. The minimum absolute atomic E-state index is 0.0374. The Balaban J connectivity index is 2.10.